The van der Waals surface area contributed by atoms with Crippen LogP contribution in [-0.2, 0) is 11.3 Å². The summed E-state index contributed by atoms with van der Waals surface area (Å²) in [6.07, 6.45) is 3.48. The Kier molecular flexibility index (Phi) is 5.33. The number of nitrogens with one attached hydrogen (secondary N) is 1. The van der Waals surface area contributed by atoms with Crippen molar-refractivity contribution in [1.29, 1.82) is 0 Å². The van der Waals surface area contributed by atoms with Crippen LogP contribution in [0.3, 0.4) is 0 Å². The van der Waals surface area contributed by atoms with Gasteiger partial charge in [0.1, 0.15) is 0 Å². The van der Waals surface area contributed by atoms with Crippen molar-refractivity contribution in [2.45, 2.75) is 32.2 Å². The van der Waals surface area contributed by atoms with Crippen molar-refractivity contribution >= 4 is 11.9 Å². The highest BCUT2D eigenvalue weighted by Crippen LogP contribution is 2.28. The van der Waals surface area contributed by atoms with E-state index < -0.39 is 11.9 Å². The predicted molar refractivity (Wildman–Crippen MR) is 79.8 cm³/mol. The lowest BCUT2D eigenvalue weighted by atomic mass is 9.82. The highest BCUT2D eigenvalue weighted by molar-refractivity contribution is 5.92. The SMILES string of the molecule is NC(=O)c1cccc(CNCC2CCC(C(=O)O)CC2)c1. The molecule has 1 aliphatic rings. The van der Waals surface area contributed by atoms with Crippen LogP contribution >= 0.6 is 0 Å². The largest absolute Gasteiger partial charge is 0.481 e. The van der Waals surface area contributed by atoms with E-state index in [1.54, 1.807) is 12.1 Å². The summed E-state index contributed by atoms with van der Waals surface area (Å²) < 4.78 is 0. The van der Waals surface area contributed by atoms with E-state index in [4.69, 9.17) is 10.8 Å². The number of carbonyl (C=O) groups excluding carboxylic acids is 1. The van der Waals surface area contributed by atoms with Gasteiger partial charge in [0.25, 0.3) is 0 Å². The van der Waals surface area contributed by atoms with Crippen molar-refractivity contribution < 1.29 is 14.7 Å². The van der Waals surface area contributed by atoms with Crippen LogP contribution in [0.2, 0.25) is 0 Å². The van der Waals surface area contributed by atoms with Gasteiger partial charge in [-0.1, -0.05) is 12.1 Å². The maximum atomic E-state index is 11.1. The zero-order chi connectivity index (χ0) is 15.2. The molecule has 1 aromatic rings. The first-order valence-corrected chi connectivity index (χ1v) is 7.38. The summed E-state index contributed by atoms with van der Waals surface area (Å²) in [7, 11) is 0. The number of rotatable bonds is 6. The molecule has 0 radical (unpaired) electrons. The standard InChI is InChI=1S/C16H22N2O3/c17-15(19)14-3-1-2-12(8-14)10-18-9-11-4-6-13(7-5-11)16(20)21/h1-3,8,11,13,18H,4-7,9-10H2,(H2,17,19)(H,20,21). The van der Waals surface area contributed by atoms with Gasteiger partial charge in [0.15, 0.2) is 0 Å². The first kappa shape index (κ1) is 15.5. The first-order chi connectivity index (χ1) is 10.1. The lowest BCUT2D eigenvalue weighted by Crippen LogP contribution is -2.28. The van der Waals surface area contributed by atoms with Crippen LogP contribution in [0.25, 0.3) is 0 Å². The molecule has 0 heterocycles. The smallest absolute Gasteiger partial charge is 0.306 e. The minimum Gasteiger partial charge on any atom is -0.481 e. The predicted octanol–water partition coefficient (Wildman–Crippen LogP) is 1.77. The maximum absolute atomic E-state index is 11.1. The van der Waals surface area contributed by atoms with E-state index in [9.17, 15) is 9.59 Å². The summed E-state index contributed by atoms with van der Waals surface area (Å²) >= 11 is 0. The molecule has 0 aliphatic heterocycles. The lowest BCUT2D eigenvalue weighted by Gasteiger charge is -2.26. The van der Waals surface area contributed by atoms with Crippen molar-refractivity contribution in [2.75, 3.05) is 6.54 Å². The number of amides is 1. The van der Waals surface area contributed by atoms with Crippen LogP contribution < -0.4 is 11.1 Å². The highest BCUT2D eigenvalue weighted by Gasteiger charge is 2.25. The summed E-state index contributed by atoms with van der Waals surface area (Å²) in [6, 6.07) is 7.30. The van der Waals surface area contributed by atoms with Gasteiger partial charge in [-0.05, 0) is 55.8 Å². The van der Waals surface area contributed by atoms with E-state index in [0.29, 0.717) is 18.0 Å². The molecule has 5 nitrogen and oxygen atoms in total. The summed E-state index contributed by atoms with van der Waals surface area (Å²) in [5.74, 6) is -0.693. The molecule has 2 rings (SSSR count). The third-order valence-corrected chi connectivity index (χ3v) is 4.17. The Bertz CT molecular complexity index is 508. The Labute approximate surface area is 124 Å². The second kappa shape index (κ2) is 7.22. The number of hydrogen-bond acceptors (Lipinski definition) is 3. The third-order valence-electron chi connectivity index (χ3n) is 4.17. The molecule has 1 aliphatic carbocycles. The monoisotopic (exact) mass is 290 g/mol. The third kappa shape index (κ3) is 4.56. The Morgan fingerprint density at radius 2 is 1.95 bits per heavy atom. The number of primary amides is 1. The van der Waals surface area contributed by atoms with Gasteiger partial charge in [-0.15, -0.1) is 0 Å². The second-order valence-electron chi connectivity index (χ2n) is 5.75. The molecule has 0 unspecified atom stereocenters. The number of aliphatic carboxylic acids is 1. The van der Waals surface area contributed by atoms with Crippen LogP contribution in [0.1, 0.15) is 41.6 Å². The molecule has 1 amide bonds. The van der Waals surface area contributed by atoms with Gasteiger partial charge in [-0.25, -0.2) is 0 Å². The van der Waals surface area contributed by atoms with Crippen LogP contribution in [0.5, 0.6) is 0 Å². The number of carbonyl (C=O) groups is 2. The molecule has 0 atom stereocenters. The van der Waals surface area contributed by atoms with E-state index >= 15 is 0 Å². The molecule has 0 saturated heterocycles. The van der Waals surface area contributed by atoms with E-state index in [1.807, 2.05) is 12.1 Å². The molecule has 1 saturated carbocycles. The zero-order valence-electron chi connectivity index (χ0n) is 12.0. The van der Waals surface area contributed by atoms with Gasteiger partial charge >= 0.3 is 5.97 Å². The number of carboxylic acid groups (broad SMARTS) is 1. The molecule has 0 aromatic heterocycles. The first-order valence-electron chi connectivity index (χ1n) is 7.38. The zero-order valence-corrected chi connectivity index (χ0v) is 12.0. The summed E-state index contributed by atoms with van der Waals surface area (Å²) in [6.45, 7) is 1.58. The van der Waals surface area contributed by atoms with Crippen molar-refractivity contribution in [1.82, 2.24) is 5.32 Å². The summed E-state index contributed by atoms with van der Waals surface area (Å²) in [5, 5.41) is 12.3. The molecule has 4 N–H and O–H groups in total. The average molecular weight is 290 g/mol. The van der Waals surface area contributed by atoms with E-state index in [2.05, 4.69) is 5.32 Å². The van der Waals surface area contributed by atoms with Gasteiger partial charge in [0, 0.05) is 12.1 Å². The molecular weight excluding hydrogens is 268 g/mol. The minimum atomic E-state index is -0.662. The quantitative estimate of drug-likeness (QED) is 0.744. The van der Waals surface area contributed by atoms with E-state index in [1.165, 1.54) is 0 Å². The molecule has 5 heteroatoms. The fraction of sp³-hybridized carbons (Fsp3) is 0.500. The number of hydrogen-bond donors (Lipinski definition) is 3. The van der Waals surface area contributed by atoms with Crippen LogP contribution in [0, 0.1) is 11.8 Å². The van der Waals surface area contributed by atoms with Crippen molar-refractivity contribution in [3.63, 3.8) is 0 Å². The van der Waals surface area contributed by atoms with Crippen molar-refractivity contribution in [3.05, 3.63) is 35.4 Å². The summed E-state index contributed by atoms with van der Waals surface area (Å²) in [4.78, 5) is 22.0. The van der Waals surface area contributed by atoms with Gasteiger partial charge in [0.2, 0.25) is 5.91 Å². The Hall–Kier alpha value is -1.88. The van der Waals surface area contributed by atoms with Crippen molar-refractivity contribution in [2.24, 2.45) is 17.6 Å². The summed E-state index contributed by atoms with van der Waals surface area (Å²) in [5.41, 5.74) is 6.82. The van der Waals surface area contributed by atoms with Gasteiger partial charge in [-0.2, -0.15) is 0 Å². The Morgan fingerprint density at radius 1 is 1.24 bits per heavy atom. The van der Waals surface area contributed by atoms with E-state index in [-0.39, 0.29) is 5.92 Å². The Balaban J connectivity index is 1.74. The fourth-order valence-electron chi connectivity index (χ4n) is 2.87. The maximum Gasteiger partial charge on any atom is 0.306 e. The normalized spacial score (nSPS) is 21.9. The number of benzene rings is 1. The molecule has 0 bridgehead atoms. The second-order valence-corrected chi connectivity index (χ2v) is 5.75. The molecule has 21 heavy (non-hydrogen) atoms. The van der Waals surface area contributed by atoms with Crippen LogP contribution in [0.15, 0.2) is 24.3 Å². The molecule has 0 spiro atoms. The minimum absolute atomic E-state index is 0.159. The van der Waals surface area contributed by atoms with Gasteiger partial charge in [0.05, 0.1) is 5.92 Å². The fourth-order valence-corrected chi connectivity index (χ4v) is 2.87. The highest BCUT2D eigenvalue weighted by atomic mass is 16.4. The molecule has 114 valence electrons. The lowest BCUT2D eigenvalue weighted by molar-refractivity contribution is -0.143. The number of carboxylic acids is 1. The van der Waals surface area contributed by atoms with Crippen LogP contribution in [0.4, 0.5) is 0 Å². The average Bonchev–Trinajstić information content (AvgIpc) is 2.48. The molecule has 1 fully saturated rings. The number of nitrogens with two attached hydrogens (primary N) is 1. The van der Waals surface area contributed by atoms with Gasteiger partial charge in [-0.3, -0.25) is 9.59 Å². The topological polar surface area (TPSA) is 92.4 Å². The Morgan fingerprint density at radius 3 is 2.57 bits per heavy atom. The van der Waals surface area contributed by atoms with Crippen LogP contribution in [-0.4, -0.2) is 23.5 Å². The van der Waals surface area contributed by atoms with Gasteiger partial charge < -0.3 is 16.2 Å². The molecular formula is C16H22N2O3. The molecule has 1 aromatic carbocycles. The van der Waals surface area contributed by atoms with E-state index in [0.717, 1.165) is 37.8 Å². The van der Waals surface area contributed by atoms with Crippen molar-refractivity contribution in [3.8, 4) is 0 Å².